The molecule has 1 aromatic heterocycles. The van der Waals surface area contributed by atoms with Crippen LogP contribution < -0.4 is 5.32 Å². The van der Waals surface area contributed by atoms with Gasteiger partial charge in [-0.05, 0) is 37.6 Å². The summed E-state index contributed by atoms with van der Waals surface area (Å²) in [6.45, 7) is 5.73. The van der Waals surface area contributed by atoms with E-state index in [1.54, 1.807) is 11.3 Å². The molecule has 1 heterocycles. The third-order valence-electron chi connectivity index (χ3n) is 3.25. The van der Waals surface area contributed by atoms with Crippen LogP contribution in [0.15, 0.2) is 11.7 Å². The number of nitrogens with one attached hydrogen (secondary N) is 1. The first-order valence-electron chi connectivity index (χ1n) is 5.92. The van der Waals surface area contributed by atoms with Gasteiger partial charge in [-0.3, -0.25) is 4.98 Å². The largest absolute Gasteiger partial charge is 0.313 e. The van der Waals surface area contributed by atoms with E-state index in [9.17, 15) is 0 Å². The van der Waals surface area contributed by atoms with Crippen LogP contribution in [0, 0.1) is 11.8 Å². The lowest BCUT2D eigenvalue weighted by atomic mass is 10.1. The third-order valence-corrected chi connectivity index (χ3v) is 4.05. The molecule has 1 N–H and O–H groups in total. The van der Waals surface area contributed by atoms with Crippen LogP contribution in [0.2, 0.25) is 0 Å². The molecule has 15 heavy (non-hydrogen) atoms. The quantitative estimate of drug-likeness (QED) is 0.803. The molecule has 84 valence electrons. The molecule has 2 nitrogen and oxygen atoms in total. The summed E-state index contributed by atoms with van der Waals surface area (Å²) in [5.74, 6) is 1.82. The number of nitrogens with zero attached hydrogens (tertiary/aromatic N) is 1. The maximum Gasteiger partial charge on any atom is 0.0794 e. The Labute approximate surface area is 96.1 Å². The summed E-state index contributed by atoms with van der Waals surface area (Å²) in [5, 5.41) is 3.68. The maximum atomic E-state index is 4.15. The van der Waals surface area contributed by atoms with Gasteiger partial charge in [-0.1, -0.05) is 13.8 Å². The maximum absolute atomic E-state index is 4.15. The summed E-state index contributed by atoms with van der Waals surface area (Å²) in [7, 11) is 0. The highest BCUT2D eigenvalue weighted by Gasteiger charge is 2.39. The summed E-state index contributed by atoms with van der Waals surface area (Å²) in [5.41, 5.74) is 1.93. The van der Waals surface area contributed by atoms with Gasteiger partial charge in [0.25, 0.3) is 0 Å². The van der Waals surface area contributed by atoms with Crippen molar-refractivity contribution >= 4 is 11.3 Å². The van der Waals surface area contributed by atoms with Gasteiger partial charge in [-0.25, -0.2) is 0 Å². The van der Waals surface area contributed by atoms with Crippen molar-refractivity contribution in [1.82, 2.24) is 10.3 Å². The van der Waals surface area contributed by atoms with Gasteiger partial charge < -0.3 is 5.32 Å². The van der Waals surface area contributed by atoms with Gasteiger partial charge in [-0.2, -0.15) is 0 Å². The van der Waals surface area contributed by atoms with Crippen LogP contribution in [0.3, 0.4) is 0 Å². The average molecular weight is 224 g/mol. The molecule has 0 spiro atoms. The number of thiazole rings is 1. The molecule has 0 aliphatic heterocycles. The topological polar surface area (TPSA) is 24.9 Å². The minimum Gasteiger partial charge on any atom is -0.313 e. The lowest BCUT2D eigenvalue weighted by molar-refractivity contribution is 0.445. The van der Waals surface area contributed by atoms with Crippen molar-refractivity contribution in [3.05, 3.63) is 16.6 Å². The highest BCUT2D eigenvalue weighted by Crippen LogP contribution is 2.41. The molecule has 1 aliphatic carbocycles. The molecule has 1 fully saturated rings. The van der Waals surface area contributed by atoms with E-state index in [0.29, 0.717) is 6.04 Å². The van der Waals surface area contributed by atoms with Gasteiger partial charge in [0.1, 0.15) is 0 Å². The molecule has 0 saturated heterocycles. The third kappa shape index (κ3) is 3.02. The van der Waals surface area contributed by atoms with Crippen molar-refractivity contribution in [3.8, 4) is 0 Å². The zero-order chi connectivity index (χ0) is 10.7. The number of hydrogen-bond donors (Lipinski definition) is 1. The Morgan fingerprint density at radius 3 is 3.00 bits per heavy atom. The van der Waals surface area contributed by atoms with Crippen molar-refractivity contribution < 1.29 is 0 Å². The lowest BCUT2D eigenvalue weighted by Crippen LogP contribution is -2.34. The van der Waals surface area contributed by atoms with Crippen LogP contribution >= 0.6 is 11.3 Å². The Hall–Kier alpha value is -0.410. The molecule has 0 bridgehead atoms. The van der Waals surface area contributed by atoms with Crippen molar-refractivity contribution in [2.24, 2.45) is 11.8 Å². The number of hydrogen-bond acceptors (Lipinski definition) is 3. The number of rotatable bonds is 6. The SMILES string of the molecule is CCCNC(Cc1cncs1)C1CC1C. The zero-order valence-corrected chi connectivity index (χ0v) is 10.4. The first-order valence-corrected chi connectivity index (χ1v) is 6.80. The molecule has 0 amide bonds. The minimum absolute atomic E-state index is 0.681. The molecule has 3 atom stereocenters. The Balaban J connectivity index is 1.87. The summed E-state index contributed by atoms with van der Waals surface area (Å²) < 4.78 is 0. The van der Waals surface area contributed by atoms with Crippen LogP contribution in [-0.4, -0.2) is 17.6 Å². The average Bonchev–Trinajstić information content (AvgIpc) is 2.77. The monoisotopic (exact) mass is 224 g/mol. The predicted molar refractivity (Wildman–Crippen MR) is 65.2 cm³/mol. The molecule has 1 aromatic rings. The van der Waals surface area contributed by atoms with E-state index < -0.39 is 0 Å². The lowest BCUT2D eigenvalue weighted by Gasteiger charge is -2.17. The summed E-state index contributed by atoms with van der Waals surface area (Å²) in [4.78, 5) is 5.56. The van der Waals surface area contributed by atoms with Crippen molar-refractivity contribution in [1.29, 1.82) is 0 Å². The molecule has 3 heteroatoms. The molecule has 1 aliphatic rings. The van der Waals surface area contributed by atoms with E-state index in [0.717, 1.165) is 18.4 Å². The Kier molecular flexibility index (Phi) is 3.76. The van der Waals surface area contributed by atoms with Gasteiger partial charge in [0, 0.05) is 17.1 Å². The second kappa shape index (κ2) is 5.08. The Bertz CT molecular complexity index is 284. The summed E-state index contributed by atoms with van der Waals surface area (Å²) in [6.07, 6.45) is 5.80. The van der Waals surface area contributed by atoms with E-state index in [1.807, 2.05) is 11.7 Å². The second-order valence-corrected chi connectivity index (χ2v) is 5.58. The predicted octanol–water partition coefficient (Wildman–Crippen LogP) is 2.71. The molecular formula is C12H20N2S. The molecule has 2 rings (SSSR count). The summed E-state index contributed by atoms with van der Waals surface area (Å²) in [6, 6.07) is 0.681. The van der Waals surface area contributed by atoms with Crippen LogP contribution in [0.1, 0.15) is 31.6 Å². The highest BCUT2D eigenvalue weighted by atomic mass is 32.1. The fourth-order valence-electron chi connectivity index (χ4n) is 2.18. The van der Waals surface area contributed by atoms with Crippen LogP contribution in [0.5, 0.6) is 0 Å². The van der Waals surface area contributed by atoms with E-state index in [-0.39, 0.29) is 0 Å². The van der Waals surface area contributed by atoms with Crippen molar-refractivity contribution in [3.63, 3.8) is 0 Å². The van der Waals surface area contributed by atoms with E-state index in [1.165, 1.54) is 24.1 Å². The minimum atomic E-state index is 0.681. The van der Waals surface area contributed by atoms with Crippen molar-refractivity contribution in [2.75, 3.05) is 6.54 Å². The molecule has 3 unspecified atom stereocenters. The smallest absolute Gasteiger partial charge is 0.0794 e. The van der Waals surface area contributed by atoms with Crippen molar-refractivity contribution in [2.45, 2.75) is 39.2 Å². The van der Waals surface area contributed by atoms with E-state index in [2.05, 4.69) is 24.1 Å². The van der Waals surface area contributed by atoms with Gasteiger partial charge in [0.2, 0.25) is 0 Å². The Morgan fingerprint density at radius 1 is 1.67 bits per heavy atom. The van der Waals surface area contributed by atoms with E-state index in [4.69, 9.17) is 0 Å². The van der Waals surface area contributed by atoms with Gasteiger partial charge in [0.15, 0.2) is 0 Å². The first kappa shape index (κ1) is 11.1. The second-order valence-electron chi connectivity index (χ2n) is 4.61. The first-order chi connectivity index (χ1) is 7.31. The Morgan fingerprint density at radius 2 is 2.47 bits per heavy atom. The fourth-order valence-corrected chi connectivity index (χ4v) is 2.83. The molecule has 0 radical (unpaired) electrons. The van der Waals surface area contributed by atoms with Crippen LogP contribution in [0.25, 0.3) is 0 Å². The number of aromatic nitrogens is 1. The molecule has 1 saturated carbocycles. The molecular weight excluding hydrogens is 204 g/mol. The van der Waals surface area contributed by atoms with E-state index >= 15 is 0 Å². The van der Waals surface area contributed by atoms with Gasteiger partial charge in [0.05, 0.1) is 5.51 Å². The van der Waals surface area contributed by atoms with Crippen LogP contribution in [-0.2, 0) is 6.42 Å². The van der Waals surface area contributed by atoms with Crippen LogP contribution in [0.4, 0.5) is 0 Å². The normalized spacial score (nSPS) is 26.5. The standard InChI is InChI=1S/C12H20N2S/c1-3-4-14-12(11-5-9(11)2)6-10-7-13-8-15-10/h7-9,11-12,14H,3-6H2,1-2H3. The highest BCUT2D eigenvalue weighted by molar-refractivity contribution is 7.09. The fraction of sp³-hybridized carbons (Fsp3) is 0.750. The zero-order valence-electron chi connectivity index (χ0n) is 9.57. The summed E-state index contributed by atoms with van der Waals surface area (Å²) >= 11 is 1.78. The molecule has 0 aromatic carbocycles. The van der Waals surface area contributed by atoms with Gasteiger partial charge in [-0.15, -0.1) is 11.3 Å². The van der Waals surface area contributed by atoms with Gasteiger partial charge >= 0.3 is 0 Å².